The van der Waals surface area contributed by atoms with E-state index in [-0.39, 0.29) is 10.6 Å². The van der Waals surface area contributed by atoms with Gasteiger partial charge in [0.05, 0.1) is 27.1 Å². The van der Waals surface area contributed by atoms with E-state index >= 15 is 0 Å². The number of anilines is 2. The Kier molecular flexibility index (Phi) is 5.71. The monoisotopic (exact) mass is 513 g/mol. The Labute approximate surface area is 203 Å². The second-order valence-electron chi connectivity index (χ2n) is 7.92. The molecule has 1 saturated heterocycles. The van der Waals surface area contributed by atoms with Gasteiger partial charge in [-0.15, -0.1) is 0 Å². The highest BCUT2D eigenvalue weighted by atomic mass is 35.5. The summed E-state index contributed by atoms with van der Waals surface area (Å²) in [7, 11) is -7.26. The van der Waals surface area contributed by atoms with Crippen LogP contribution >= 0.6 is 11.6 Å². The number of nitrogens with one attached hydrogen (secondary N) is 1. The van der Waals surface area contributed by atoms with Crippen LogP contribution in [0.25, 0.3) is 22.0 Å². The van der Waals surface area contributed by atoms with Crippen molar-refractivity contribution in [2.24, 2.45) is 0 Å². The van der Waals surface area contributed by atoms with Crippen molar-refractivity contribution in [3.05, 3.63) is 84.0 Å². The van der Waals surface area contributed by atoms with Gasteiger partial charge in [0.15, 0.2) is 0 Å². The standard InChI is InChI=1S/C24H20ClN3O4S2/c25-23-11-6-18(16-22(23)24-21-5-2-1-4-17(21)12-13-26-24)27-34(31,32)20-9-7-19(8-10-20)28-14-3-15-33(28,29)30/h1-2,4-13,16,27H,3,14-15H2. The maximum atomic E-state index is 13.0. The normalized spacial score (nSPS) is 15.5. The predicted octanol–water partition coefficient (Wildman–Crippen LogP) is 4.90. The molecule has 1 aliphatic rings. The van der Waals surface area contributed by atoms with Crippen LogP contribution in [0.1, 0.15) is 6.42 Å². The van der Waals surface area contributed by atoms with Crippen molar-refractivity contribution in [3.8, 4) is 11.3 Å². The minimum Gasteiger partial charge on any atom is -0.280 e. The smallest absolute Gasteiger partial charge is 0.261 e. The van der Waals surface area contributed by atoms with E-state index in [1.54, 1.807) is 24.4 Å². The fourth-order valence-corrected chi connectivity index (χ4v) is 6.86. The highest BCUT2D eigenvalue weighted by molar-refractivity contribution is 7.93. The summed E-state index contributed by atoms with van der Waals surface area (Å²) in [5.41, 5.74) is 2.04. The molecule has 0 saturated carbocycles. The average molecular weight is 514 g/mol. The van der Waals surface area contributed by atoms with Gasteiger partial charge in [0.1, 0.15) is 0 Å². The largest absolute Gasteiger partial charge is 0.280 e. The predicted molar refractivity (Wildman–Crippen MR) is 135 cm³/mol. The summed E-state index contributed by atoms with van der Waals surface area (Å²) in [5, 5.41) is 2.34. The quantitative estimate of drug-likeness (QED) is 0.409. The molecule has 174 valence electrons. The fraction of sp³-hybridized carbons (Fsp3) is 0.125. The van der Waals surface area contributed by atoms with Crippen LogP contribution < -0.4 is 9.03 Å². The maximum absolute atomic E-state index is 13.0. The number of nitrogens with zero attached hydrogens (tertiary/aromatic N) is 2. The first kappa shape index (κ1) is 22.6. The number of rotatable bonds is 5. The minimum absolute atomic E-state index is 0.0210. The molecule has 1 aliphatic heterocycles. The molecule has 34 heavy (non-hydrogen) atoms. The first-order valence-corrected chi connectivity index (χ1v) is 14.0. The van der Waals surface area contributed by atoms with E-state index in [4.69, 9.17) is 11.6 Å². The topological polar surface area (TPSA) is 96.4 Å². The van der Waals surface area contributed by atoms with Crippen LogP contribution in [0.4, 0.5) is 11.4 Å². The van der Waals surface area contributed by atoms with Gasteiger partial charge in [-0.3, -0.25) is 14.0 Å². The lowest BCUT2D eigenvalue weighted by molar-refractivity contribution is 0.599. The molecule has 0 amide bonds. The van der Waals surface area contributed by atoms with Gasteiger partial charge >= 0.3 is 0 Å². The van der Waals surface area contributed by atoms with E-state index in [1.807, 2.05) is 30.3 Å². The number of hydrogen-bond donors (Lipinski definition) is 1. The van der Waals surface area contributed by atoms with Crippen LogP contribution in [0.3, 0.4) is 0 Å². The Morgan fingerprint density at radius 1 is 0.971 bits per heavy atom. The van der Waals surface area contributed by atoms with Crippen LogP contribution in [-0.4, -0.2) is 34.1 Å². The lowest BCUT2D eigenvalue weighted by Crippen LogP contribution is -2.25. The molecule has 0 spiro atoms. The van der Waals surface area contributed by atoms with Crippen molar-refractivity contribution in [2.75, 3.05) is 21.3 Å². The zero-order chi connectivity index (χ0) is 23.9. The number of fused-ring (bicyclic) bond motifs is 1. The lowest BCUT2D eigenvalue weighted by Gasteiger charge is -2.17. The van der Waals surface area contributed by atoms with E-state index in [0.717, 1.165) is 10.8 Å². The van der Waals surface area contributed by atoms with Gasteiger partial charge in [0, 0.05) is 29.4 Å². The van der Waals surface area contributed by atoms with Gasteiger partial charge in [0.25, 0.3) is 10.0 Å². The molecule has 1 N–H and O–H groups in total. The molecular weight excluding hydrogens is 494 g/mol. The summed E-state index contributed by atoms with van der Waals surface area (Å²) in [6, 6.07) is 20.3. The molecule has 0 atom stereocenters. The summed E-state index contributed by atoms with van der Waals surface area (Å²) in [6.45, 7) is 0.391. The molecule has 0 unspecified atom stereocenters. The second kappa shape index (κ2) is 8.57. The van der Waals surface area contributed by atoms with Crippen LogP contribution in [-0.2, 0) is 20.0 Å². The molecule has 4 aromatic rings. The summed E-state index contributed by atoms with van der Waals surface area (Å²) < 4.78 is 54.2. The van der Waals surface area contributed by atoms with Crippen molar-refractivity contribution in [1.29, 1.82) is 0 Å². The van der Waals surface area contributed by atoms with E-state index in [0.29, 0.717) is 40.6 Å². The Morgan fingerprint density at radius 2 is 1.74 bits per heavy atom. The Balaban J connectivity index is 1.45. The zero-order valence-corrected chi connectivity index (χ0v) is 20.2. The molecule has 1 aromatic heterocycles. The number of benzene rings is 3. The Morgan fingerprint density at radius 3 is 2.47 bits per heavy atom. The number of halogens is 1. The van der Waals surface area contributed by atoms with Crippen LogP contribution in [0, 0.1) is 0 Å². The lowest BCUT2D eigenvalue weighted by atomic mass is 10.0. The number of hydrogen-bond acceptors (Lipinski definition) is 5. The molecule has 2 heterocycles. The van der Waals surface area contributed by atoms with Crippen molar-refractivity contribution >= 4 is 53.8 Å². The molecule has 1 fully saturated rings. The number of aromatic nitrogens is 1. The number of sulfonamides is 2. The van der Waals surface area contributed by atoms with E-state index in [2.05, 4.69) is 9.71 Å². The van der Waals surface area contributed by atoms with Gasteiger partial charge < -0.3 is 0 Å². The highest BCUT2D eigenvalue weighted by Crippen LogP contribution is 2.34. The van der Waals surface area contributed by atoms with Crippen molar-refractivity contribution < 1.29 is 16.8 Å². The molecule has 0 radical (unpaired) electrons. The van der Waals surface area contributed by atoms with Gasteiger partial charge in [0.2, 0.25) is 10.0 Å². The summed E-state index contributed by atoms with van der Waals surface area (Å²) in [4.78, 5) is 4.50. The third-order valence-corrected chi connectivity index (χ3v) is 9.28. The second-order valence-corrected chi connectivity index (χ2v) is 12.0. The Bertz CT molecular complexity index is 1600. The summed E-state index contributed by atoms with van der Waals surface area (Å²) in [6.07, 6.45) is 2.24. The first-order valence-electron chi connectivity index (χ1n) is 10.5. The Hall–Kier alpha value is -3.14. The van der Waals surface area contributed by atoms with Crippen LogP contribution in [0.5, 0.6) is 0 Å². The molecule has 10 heteroatoms. The van der Waals surface area contributed by atoms with Crippen molar-refractivity contribution in [1.82, 2.24) is 4.98 Å². The highest BCUT2D eigenvalue weighted by Gasteiger charge is 2.28. The van der Waals surface area contributed by atoms with Gasteiger partial charge in [-0.25, -0.2) is 16.8 Å². The third kappa shape index (κ3) is 4.22. The fourth-order valence-electron chi connectivity index (χ4n) is 4.04. The van der Waals surface area contributed by atoms with E-state index in [9.17, 15) is 16.8 Å². The molecule has 3 aromatic carbocycles. The summed E-state index contributed by atoms with van der Waals surface area (Å²) in [5.74, 6) is 0.0963. The van der Waals surface area contributed by atoms with Gasteiger partial charge in [-0.05, 0) is 60.3 Å². The first-order chi connectivity index (χ1) is 16.2. The average Bonchev–Trinajstić information content (AvgIpc) is 3.19. The van der Waals surface area contributed by atoms with Crippen LogP contribution in [0.2, 0.25) is 5.02 Å². The van der Waals surface area contributed by atoms with Crippen LogP contribution in [0.15, 0.2) is 83.9 Å². The van der Waals surface area contributed by atoms with E-state index < -0.39 is 20.0 Å². The van der Waals surface area contributed by atoms with E-state index in [1.165, 1.54) is 28.6 Å². The van der Waals surface area contributed by atoms with Gasteiger partial charge in [-0.1, -0.05) is 35.9 Å². The van der Waals surface area contributed by atoms with Gasteiger partial charge in [-0.2, -0.15) is 0 Å². The van der Waals surface area contributed by atoms with Crippen molar-refractivity contribution in [2.45, 2.75) is 11.3 Å². The minimum atomic E-state index is -3.92. The summed E-state index contributed by atoms with van der Waals surface area (Å²) >= 11 is 6.45. The molecule has 7 nitrogen and oxygen atoms in total. The third-order valence-electron chi connectivity index (χ3n) is 5.68. The SMILES string of the molecule is O=S(=O)(Nc1ccc(Cl)c(-c2nccc3ccccc23)c1)c1ccc(N2CCCS2(=O)=O)cc1. The molecule has 5 rings (SSSR count). The molecule has 0 bridgehead atoms. The maximum Gasteiger partial charge on any atom is 0.261 e. The molecular formula is C24H20ClN3O4S2. The molecule has 0 aliphatic carbocycles. The van der Waals surface area contributed by atoms with Crippen molar-refractivity contribution in [3.63, 3.8) is 0 Å². The zero-order valence-electron chi connectivity index (χ0n) is 17.8. The number of pyridine rings is 1.